The number of pyridine rings is 2. The van der Waals surface area contributed by atoms with E-state index >= 15 is 0 Å². The zero-order valence-corrected chi connectivity index (χ0v) is 29.2. The molecule has 0 saturated heterocycles. The van der Waals surface area contributed by atoms with Crippen molar-refractivity contribution in [1.82, 2.24) is 9.97 Å². The van der Waals surface area contributed by atoms with Crippen molar-refractivity contribution in [3.63, 3.8) is 0 Å². The molecule has 4 heterocycles. The van der Waals surface area contributed by atoms with Crippen molar-refractivity contribution in [3.8, 4) is 33.6 Å². The van der Waals surface area contributed by atoms with Crippen LogP contribution in [0.5, 0.6) is 0 Å². The van der Waals surface area contributed by atoms with Gasteiger partial charge in [0.05, 0.1) is 10.3 Å². The van der Waals surface area contributed by atoms with Crippen LogP contribution in [-0.2, 0) is 20.1 Å². The third-order valence-electron chi connectivity index (χ3n) is 8.12. The molecule has 0 aliphatic heterocycles. The number of fused-ring (bicyclic) bond motifs is 5. The molecule has 5 heteroatoms. The quantitative estimate of drug-likeness (QED) is 0.167. The van der Waals surface area contributed by atoms with Crippen LogP contribution >= 0.6 is 11.3 Å². The molecule has 0 bridgehead atoms. The van der Waals surface area contributed by atoms with Crippen LogP contribution in [0.1, 0.15) is 37.8 Å². The molecule has 3 nitrogen and oxygen atoms in total. The van der Waals surface area contributed by atoms with E-state index in [0.29, 0.717) is 0 Å². The van der Waals surface area contributed by atoms with Crippen LogP contribution in [0.15, 0.2) is 119 Å². The Kier molecular flexibility index (Phi) is 8.89. The molecule has 4 aromatic heterocycles. The van der Waals surface area contributed by atoms with Gasteiger partial charge in [0.1, 0.15) is 5.58 Å². The van der Waals surface area contributed by atoms with Crippen molar-refractivity contribution < 1.29 is 25.9 Å². The molecule has 0 spiro atoms. The Balaban J connectivity index is 0.000000250. The predicted molar refractivity (Wildman–Crippen MR) is 189 cm³/mol. The van der Waals surface area contributed by atoms with Crippen LogP contribution in [0.4, 0.5) is 0 Å². The number of hydrogen-bond acceptors (Lipinski definition) is 4. The molecule has 46 heavy (non-hydrogen) atoms. The van der Waals surface area contributed by atoms with Crippen molar-refractivity contribution in [2.45, 2.75) is 33.6 Å². The van der Waals surface area contributed by atoms with E-state index in [1.165, 1.54) is 22.1 Å². The standard InChI is InChI=1S/C30H24NOS.C11H8N.Ir/c1-17(2)25-16-31-26(15-24(25)27-18(3)7-5-8-19(27)4)23-10-6-9-21-22-12-11-20-13-14-33-30(20)29(22)32-28(21)23;1-2-6-10(7-3-1)11-8-4-5-9-12-11;/h5-9,11-17H,1-4H3;1-6,8-9H;/q2*-1;/i17D;;. The molecule has 0 aliphatic rings. The number of benzene rings is 4. The Morgan fingerprint density at radius 1 is 0.783 bits per heavy atom. The Hall–Kier alpha value is -4.41. The minimum atomic E-state index is -0.782. The van der Waals surface area contributed by atoms with Crippen LogP contribution in [0, 0.1) is 26.0 Å². The maximum absolute atomic E-state index is 8.78. The van der Waals surface area contributed by atoms with Crippen molar-refractivity contribution >= 4 is 43.4 Å². The van der Waals surface area contributed by atoms with E-state index in [9.17, 15) is 0 Å². The third-order valence-corrected chi connectivity index (χ3v) is 9.05. The number of thiophene rings is 1. The number of aryl methyl sites for hydroxylation is 2. The molecule has 0 fully saturated rings. The zero-order chi connectivity index (χ0) is 31.8. The van der Waals surface area contributed by atoms with Crippen LogP contribution in [0.25, 0.3) is 65.7 Å². The smallest absolute Gasteiger partial charge is 0.138 e. The SMILES string of the molecule is [2H]C(C)(C)c1cnc(-c2[c-]ccc3c2oc2c3ccc3ccsc32)cc1-c1c(C)cccc1C.[Ir].[c-]1ccccc1-c1ccccn1. The molecular formula is C41H32IrN2OS-2. The molecule has 0 amide bonds. The summed E-state index contributed by atoms with van der Waals surface area (Å²) in [4.78, 5) is 9.04. The molecule has 229 valence electrons. The van der Waals surface area contributed by atoms with Crippen molar-refractivity contribution in [3.05, 3.63) is 144 Å². The summed E-state index contributed by atoms with van der Waals surface area (Å²) in [5, 5.41) is 5.47. The summed E-state index contributed by atoms with van der Waals surface area (Å²) in [6.45, 7) is 8.08. The number of aromatic nitrogens is 2. The second-order valence-corrected chi connectivity index (χ2v) is 12.3. The summed E-state index contributed by atoms with van der Waals surface area (Å²) in [5.41, 5.74) is 10.9. The summed E-state index contributed by atoms with van der Waals surface area (Å²) < 4.78 is 16.4. The molecule has 0 saturated carbocycles. The van der Waals surface area contributed by atoms with Gasteiger partial charge in [0.15, 0.2) is 0 Å². The largest absolute Gasteiger partial charge is 0.499 e. The Morgan fingerprint density at radius 3 is 2.33 bits per heavy atom. The number of hydrogen-bond donors (Lipinski definition) is 0. The summed E-state index contributed by atoms with van der Waals surface area (Å²) >= 11 is 1.70. The summed E-state index contributed by atoms with van der Waals surface area (Å²) in [6.07, 6.45) is 3.65. The number of furan rings is 1. The minimum absolute atomic E-state index is 0. The fourth-order valence-corrected chi connectivity index (χ4v) is 6.81. The Bertz CT molecular complexity index is 2260. The predicted octanol–water partition coefficient (Wildman–Crippen LogP) is 11.6. The maximum atomic E-state index is 8.78. The van der Waals surface area contributed by atoms with E-state index in [0.717, 1.165) is 60.3 Å². The van der Waals surface area contributed by atoms with Gasteiger partial charge in [-0.1, -0.05) is 73.3 Å². The molecule has 0 unspecified atom stereocenters. The maximum Gasteiger partial charge on any atom is 0.138 e. The average molecular weight is 794 g/mol. The van der Waals surface area contributed by atoms with Gasteiger partial charge in [0.25, 0.3) is 0 Å². The van der Waals surface area contributed by atoms with E-state index in [2.05, 4.69) is 84.9 Å². The van der Waals surface area contributed by atoms with Gasteiger partial charge in [0, 0.05) is 39.3 Å². The first-order chi connectivity index (χ1) is 22.3. The molecular weight excluding hydrogens is 761 g/mol. The number of nitrogens with zero attached hydrogens (tertiary/aromatic N) is 2. The summed E-state index contributed by atoms with van der Waals surface area (Å²) in [7, 11) is 0. The van der Waals surface area contributed by atoms with Gasteiger partial charge in [-0.05, 0) is 81.8 Å². The normalized spacial score (nSPS) is 11.6. The average Bonchev–Trinajstić information content (AvgIpc) is 3.70. The van der Waals surface area contributed by atoms with Crippen LogP contribution < -0.4 is 0 Å². The third kappa shape index (κ3) is 5.94. The van der Waals surface area contributed by atoms with E-state index in [1.54, 1.807) is 17.5 Å². The molecule has 0 aliphatic carbocycles. The van der Waals surface area contributed by atoms with Crippen molar-refractivity contribution in [2.75, 3.05) is 0 Å². The first kappa shape index (κ1) is 30.3. The van der Waals surface area contributed by atoms with E-state index < -0.39 is 5.89 Å². The summed E-state index contributed by atoms with van der Waals surface area (Å²) in [6, 6.07) is 39.1. The van der Waals surface area contributed by atoms with Gasteiger partial charge in [-0.25, -0.2) is 0 Å². The fourth-order valence-electron chi connectivity index (χ4n) is 5.93. The second-order valence-electron chi connectivity index (χ2n) is 11.4. The second kappa shape index (κ2) is 13.5. The molecule has 0 atom stereocenters. The van der Waals surface area contributed by atoms with E-state index in [4.69, 9.17) is 10.8 Å². The molecule has 1 radical (unpaired) electrons. The molecule has 8 rings (SSSR count). The van der Waals surface area contributed by atoms with E-state index in [-0.39, 0.29) is 20.1 Å². The first-order valence-corrected chi connectivity index (χ1v) is 15.9. The van der Waals surface area contributed by atoms with E-state index in [1.807, 2.05) is 68.6 Å². The fraction of sp³-hybridized carbons (Fsp3) is 0.122. The van der Waals surface area contributed by atoms with Gasteiger partial charge in [-0.2, -0.15) is 0 Å². The summed E-state index contributed by atoms with van der Waals surface area (Å²) in [5.74, 6) is -0.782. The number of rotatable bonds is 4. The van der Waals surface area contributed by atoms with Gasteiger partial charge >= 0.3 is 0 Å². The monoisotopic (exact) mass is 794 g/mol. The van der Waals surface area contributed by atoms with Crippen LogP contribution in [-0.4, -0.2) is 9.97 Å². The van der Waals surface area contributed by atoms with Crippen molar-refractivity contribution in [1.29, 1.82) is 0 Å². The van der Waals surface area contributed by atoms with Crippen LogP contribution in [0.2, 0.25) is 0 Å². The topological polar surface area (TPSA) is 38.9 Å². The zero-order valence-electron chi connectivity index (χ0n) is 27.0. The van der Waals surface area contributed by atoms with Gasteiger partial charge in [0.2, 0.25) is 0 Å². The minimum Gasteiger partial charge on any atom is -0.499 e. The van der Waals surface area contributed by atoms with Gasteiger partial charge in [-0.15, -0.1) is 65.4 Å². The molecule has 4 aromatic carbocycles. The van der Waals surface area contributed by atoms with Gasteiger partial charge in [-0.3, -0.25) is 0 Å². The Labute approximate surface area is 288 Å². The van der Waals surface area contributed by atoms with Gasteiger partial charge < -0.3 is 14.4 Å². The molecule has 8 aromatic rings. The Morgan fingerprint density at radius 2 is 1.59 bits per heavy atom. The van der Waals surface area contributed by atoms with Crippen LogP contribution in [0.3, 0.4) is 0 Å². The first-order valence-electron chi connectivity index (χ1n) is 15.5. The molecule has 0 N–H and O–H groups in total. The van der Waals surface area contributed by atoms with Crippen molar-refractivity contribution in [2.24, 2.45) is 0 Å².